The number of benzene rings is 1. The Labute approximate surface area is 321 Å². The van der Waals surface area contributed by atoms with E-state index in [0.29, 0.717) is 47.3 Å². The summed E-state index contributed by atoms with van der Waals surface area (Å²) >= 11 is 8.12. The van der Waals surface area contributed by atoms with Crippen molar-refractivity contribution in [2.24, 2.45) is 0 Å². The molecular weight excluding hydrogens is 681 g/mol. The molecule has 4 heterocycles. The fourth-order valence-corrected chi connectivity index (χ4v) is 12.6. The average Bonchev–Trinajstić information content (AvgIpc) is 3.83. The Kier molecular flexibility index (Phi) is 12.2. The van der Waals surface area contributed by atoms with Crippen molar-refractivity contribution in [1.29, 1.82) is 0 Å². The van der Waals surface area contributed by atoms with Gasteiger partial charge in [-0.15, -0.1) is 45.3 Å². The molecule has 0 radical (unpaired) electrons. The van der Waals surface area contributed by atoms with Gasteiger partial charge in [-0.3, -0.25) is 0 Å². The van der Waals surface area contributed by atoms with Crippen molar-refractivity contribution < 1.29 is 0 Å². The van der Waals surface area contributed by atoms with Gasteiger partial charge < -0.3 is 0 Å². The minimum atomic E-state index is 0.496. The largest absolute Gasteiger partial charge is 0.140 e. The molecule has 0 bridgehead atoms. The number of thiophene rings is 4. The first-order valence-electron chi connectivity index (χ1n) is 19.1. The highest BCUT2D eigenvalue weighted by molar-refractivity contribution is 7.17. The Balaban J connectivity index is 1.95. The SMILES string of the molecule is CC(C)c1cc(-c2cc(-c3cc(C(C)C)c(C(C)C)s3)c(-c3cc(C(C)C)c(C(C)C)s3)cc2-c2cc(C(C)C)c(C(C)C)s2)sc1C(C)C. The summed E-state index contributed by atoms with van der Waals surface area (Å²) in [5.74, 6) is 4.00. The van der Waals surface area contributed by atoms with Gasteiger partial charge in [-0.05, 0) is 106 Å². The lowest BCUT2D eigenvalue weighted by atomic mass is 9.91. The summed E-state index contributed by atoms with van der Waals surface area (Å²) in [6.45, 7) is 37.8. The fraction of sp³-hybridized carbons (Fsp3) is 0.522. The van der Waals surface area contributed by atoms with E-state index in [-0.39, 0.29) is 0 Å². The molecule has 0 nitrogen and oxygen atoms in total. The highest BCUT2D eigenvalue weighted by atomic mass is 32.1. The van der Waals surface area contributed by atoms with Crippen LogP contribution in [0.2, 0.25) is 0 Å². The first-order valence-corrected chi connectivity index (χ1v) is 22.4. The topological polar surface area (TPSA) is 0 Å². The van der Waals surface area contributed by atoms with Gasteiger partial charge in [-0.1, -0.05) is 111 Å². The molecule has 4 heteroatoms. The molecule has 1 aromatic carbocycles. The van der Waals surface area contributed by atoms with Crippen LogP contribution in [-0.2, 0) is 0 Å². The van der Waals surface area contributed by atoms with Crippen LogP contribution in [0.1, 0.15) is 200 Å². The van der Waals surface area contributed by atoms with Crippen LogP contribution in [0.5, 0.6) is 0 Å². The predicted molar refractivity (Wildman–Crippen MR) is 232 cm³/mol. The van der Waals surface area contributed by atoms with Crippen molar-refractivity contribution in [3.63, 3.8) is 0 Å². The van der Waals surface area contributed by atoms with Gasteiger partial charge >= 0.3 is 0 Å². The molecule has 0 amide bonds. The Bertz CT molecular complexity index is 1540. The second-order valence-corrected chi connectivity index (χ2v) is 21.2. The summed E-state index contributed by atoms with van der Waals surface area (Å²) < 4.78 is 0. The summed E-state index contributed by atoms with van der Waals surface area (Å²) in [5.41, 5.74) is 11.6. The molecule has 0 unspecified atom stereocenters. The van der Waals surface area contributed by atoms with Crippen LogP contribution in [0.3, 0.4) is 0 Å². The van der Waals surface area contributed by atoms with Gasteiger partial charge in [0, 0.05) is 61.3 Å². The molecule has 0 aliphatic rings. The van der Waals surface area contributed by atoms with E-state index < -0.39 is 0 Å². The van der Waals surface area contributed by atoms with Gasteiger partial charge in [0.2, 0.25) is 0 Å². The minimum Gasteiger partial charge on any atom is -0.140 e. The molecule has 5 rings (SSSR count). The monoisotopic (exact) mass is 742 g/mol. The maximum absolute atomic E-state index is 2.61. The molecule has 0 saturated heterocycles. The van der Waals surface area contributed by atoms with Crippen molar-refractivity contribution in [3.8, 4) is 41.8 Å². The van der Waals surface area contributed by atoms with Crippen LogP contribution in [0.15, 0.2) is 36.4 Å². The third kappa shape index (κ3) is 7.71. The number of rotatable bonds is 12. The Morgan fingerprint density at radius 1 is 0.260 bits per heavy atom. The zero-order valence-corrected chi connectivity index (χ0v) is 37.0. The molecule has 50 heavy (non-hydrogen) atoms. The molecule has 5 aromatic rings. The summed E-state index contributed by atoms with van der Waals surface area (Å²) in [4.78, 5) is 11.8. The predicted octanol–water partition coefficient (Wildman–Crippen LogP) is 17.6. The van der Waals surface area contributed by atoms with E-state index in [1.54, 1.807) is 0 Å². The quantitative estimate of drug-likeness (QED) is 0.119. The number of hydrogen-bond acceptors (Lipinski definition) is 4. The fourth-order valence-electron chi connectivity index (χ4n) is 7.23. The Morgan fingerprint density at radius 2 is 0.440 bits per heavy atom. The van der Waals surface area contributed by atoms with Crippen LogP contribution in [0, 0.1) is 0 Å². The van der Waals surface area contributed by atoms with Crippen LogP contribution in [0.25, 0.3) is 41.8 Å². The van der Waals surface area contributed by atoms with E-state index in [9.17, 15) is 0 Å². The summed E-state index contributed by atoms with van der Waals surface area (Å²) in [6, 6.07) is 15.4. The maximum atomic E-state index is 2.61. The normalized spacial score (nSPS) is 12.6. The third-order valence-corrected chi connectivity index (χ3v) is 15.9. The van der Waals surface area contributed by atoms with Gasteiger partial charge in [0.05, 0.1) is 0 Å². The lowest BCUT2D eigenvalue weighted by Gasteiger charge is -2.15. The molecular formula is C46H62S4. The smallest absolute Gasteiger partial charge is 0.0355 e. The number of hydrogen-bond donors (Lipinski definition) is 0. The van der Waals surface area contributed by atoms with Gasteiger partial charge in [0.25, 0.3) is 0 Å². The molecule has 0 fully saturated rings. The molecule has 0 spiro atoms. The zero-order chi connectivity index (χ0) is 36.9. The molecule has 270 valence electrons. The van der Waals surface area contributed by atoms with Gasteiger partial charge in [-0.25, -0.2) is 0 Å². The highest BCUT2D eigenvalue weighted by Gasteiger charge is 2.27. The van der Waals surface area contributed by atoms with Crippen molar-refractivity contribution in [1.82, 2.24) is 0 Å². The third-order valence-electron chi connectivity index (χ3n) is 9.97. The summed E-state index contributed by atoms with van der Waals surface area (Å²) in [7, 11) is 0. The molecule has 0 saturated carbocycles. The van der Waals surface area contributed by atoms with E-state index >= 15 is 0 Å². The molecule has 4 aromatic heterocycles. The van der Waals surface area contributed by atoms with E-state index in [2.05, 4.69) is 147 Å². The van der Waals surface area contributed by atoms with Crippen molar-refractivity contribution in [2.45, 2.75) is 158 Å². The van der Waals surface area contributed by atoms with Crippen LogP contribution < -0.4 is 0 Å². The van der Waals surface area contributed by atoms with Crippen molar-refractivity contribution in [2.75, 3.05) is 0 Å². The standard InChI is InChI=1S/C46H62S4/c1-23(2)31-19-39(47-43(31)27(9)10)35-17-37(41-21-33(25(5)6)45(49-41)29(13)14)38(42-22-34(26(7)8)46(50-42)30(15)16)18-36(35)40-20-32(24(3)4)44(48-40)28(11)12/h17-30H,1-16H3. The molecule has 0 atom stereocenters. The van der Waals surface area contributed by atoms with E-state index in [4.69, 9.17) is 0 Å². The van der Waals surface area contributed by atoms with Gasteiger partial charge in [0.15, 0.2) is 0 Å². The first kappa shape index (κ1) is 39.2. The first-order chi connectivity index (χ1) is 23.4. The highest BCUT2D eigenvalue weighted by Crippen LogP contribution is 2.52. The molecule has 0 aliphatic heterocycles. The Morgan fingerprint density at radius 3 is 0.560 bits per heavy atom. The second kappa shape index (κ2) is 15.6. The van der Waals surface area contributed by atoms with E-state index in [1.165, 1.54) is 83.5 Å². The van der Waals surface area contributed by atoms with Gasteiger partial charge in [-0.2, -0.15) is 0 Å². The Hall–Kier alpha value is -1.98. The summed E-state index contributed by atoms with van der Waals surface area (Å²) in [6.07, 6.45) is 0. The summed E-state index contributed by atoms with van der Waals surface area (Å²) in [5, 5.41) is 0. The van der Waals surface area contributed by atoms with E-state index in [0.717, 1.165) is 0 Å². The molecule has 0 N–H and O–H groups in total. The average molecular weight is 743 g/mol. The lowest BCUT2D eigenvalue weighted by Crippen LogP contribution is -1.92. The lowest BCUT2D eigenvalue weighted by molar-refractivity contribution is 0.810. The van der Waals surface area contributed by atoms with Crippen LogP contribution >= 0.6 is 45.3 Å². The van der Waals surface area contributed by atoms with E-state index in [1.807, 2.05) is 45.3 Å². The van der Waals surface area contributed by atoms with Gasteiger partial charge in [0.1, 0.15) is 0 Å². The zero-order valence-electron chi connectivity index (χ0n) is 33.7. The second-order valence-electron chi connectivity index (χ2n) is 16.9. The minimum absolute atomic E-state index is 0.496. The van der Waals surface area contributed by atoms with Crippen LogP contribution in [-0.4, -0.2) is 0 Å². The van der Waals surface area contributed by atoms with Crippen molar-refractivity contribution >= 4 is 45.3 Å². The maximum Gasteiger partial charge on any atom is 0.0355 e. The van der Waals surface area contributed by atoms with Crippen molar-refractivity contribution in [3.05, 3.63) is 78.2 Å². The van der Waals surface area contributed by atoms with Crippen LogP contribution in [0.4, 0.5) is 0 Å². The molecule has 0 aliphatic carbocycles.